The van der Waals surface area contributed by atoms with Crippen LogP contribution in [0.1, 0.15) is 17.0 Å². The number of aryl methyl sites for hydroxylation is 3. The van der Waals surface area contributed by atoms with Crippen molar-refractivity contribution in [1.82, 2.24) is 15.0 Å². The molecule has 0 bridgehead atoms. The summed E-state index contributed by atoms with van der Waals surface area (Å²) >= 11 is 0. The van der Waals surface area contributed by atoms with Crippen molar-refractivity contribution < 1.29 is 0 Å². The predicted octanol–water partition coefficient (Wildman–Crippen LogP) is 5.51. The van der Waals surface area contributed by atoms with E-state index in [9.17, 15) is 0 Å². The normalized spacial score (nSPS) is 11.5. The minimum atomic E-state index is 0.726. The van der Waals surface area contributed by atoms with Gasteiger partial charge in [-0.3, -0.25) is 9.97 Å². The number of pyridine rings is 3. The second-order valence-corrected chi connectivity index (χ2v) is 7.27. The lowest BCUT2D eigenvalue weighted by atomic mass is 9.99. The van der Waals surface area contributed by atoms with Gasteiger partial charge in [0.05, 0.1) is 27.9 Å². The zero-order valence-corrected chi connectivity index (χ0v) is 16.1. The highest BCUT2D eigenvalue weighted by molar-refractivity contribution is 6.07. The largest absolute Gasteiger partial charge is 0.398 e. The van der Waals surface area contributed by atoms with Gasteiger partial charge in [-0.05, 0) is 44.5 Å². The molecule has 4 heteroatoms. The van der Waals surface area contributed by atoms with Gasteiger partial charge in [0, 0.05) is 33.1 Å². The Kier molecular flexibility index (Phi) is 3.56. The number of hydrogen-bond donors (Lipinski definition) is 1. The number of para-hydroxylation sites is 2. The van der Waals surface area contributed by atoms with Crippen LogP contribution in [0.5, 0.6) is 0 Å². The Morgan fingerprint density at radius 1 is 0.714 bits per heavy atom. The van der Waals surface area contributed by atoms with Crippen molar-refractivity contribution >= 4 is 38.4 Å². The maximum absolute atomic E-state index is 6.60. The van der Waals surface area contributed by atoms with E-state index in [-0.39, 0.29) is 0 Å². The number of fused-ring (bicyclic) bond motifs is 4. The Hall–Kier alpha value is -3.53. The van der Waals surface area contributed by atoms with Crippen LogP contribution in [-0.4, -0.2) is 15.0 Å². The Bertz CT molecular complexity index is 1400. The number of rotatable bonds is 1. The van der Waals surface area contributed by atoms with Crippen LogP contribution in [0.4, 0.5) is 5.69 Å². The van der Waals surface area contributed by atoms with Crippen LogP contribution in [0.3, 0.4) is 0 Å². The van der Waals surface area contributed by atoms with Crippen molar-refractivity contribution in [2.75, 3.05) is 5.73 Å². The molecular weight excluding hydrogens is 344 g/mol. The van der Waals surface area contributed by atoms with Gasteiger partial charge in [-0.1, -0.05) is 36.4 Å². The van der Waals surface area contributed by atoms with Crippen molar-refractivity contribution in [3.8, 4) is 11.3 Å². The molecular formula is C24H20N4. The van der Waals surface area contributed by atoms with E-state index in [0.717, 1.165) is 66.6 Å². The fraction of sp³-hybridized carbons (Fsp3) is 0.125. The van der Waals surface area contributed by atoms with Crippen molar-refractivity contribution in [3.05, 3.63) is 71.5 Å². The van der Waals surface area contributed by atoms with Crippen LogP contribution < -0.4 is 5.73 Å². The van der Waals surface area contributed by atoms with E-state index in [1.54, 1.807) is 0 Å². The molecule has 0 unspecified atom stereocenters. The molecule has 5 aromatic rings. The molecule has 0 saturated carbocycles. The second-order valence-electron chi connectivity index (χ2n) is 7.27. The number of nitrogen functional groups attached to an aromatic ring is 1. The van der Waals surface area contributed by atoms with E-state index in [1.165, 1.54) is 0 Å². The first kappa shape index (κ1) is 16.6. The van der Waals surface area contributed by atoms with Gasteiger partial charge in [-0.25, -0.2) is 4.98 Å². The summed E-state index contributed by atoms with van der Waals surface area (Å²) in [5, 5.41) is 3.11. The summed E-state index contributed by atoms with van der Waals surface area (Å²) < 4.78 is 0. The average Bonchev–Trinajstić information content (AvgIpc) is 2.68. The number of benzene rings is 2. The number of nitrogens with two attached hydrogens (primary N) is 1. The number of nitrogens with zero attached hydrogens (tertiary/aromatic N) is 3. The zero-order chi connectivity index (χ0) is 19.4. The molecule has 2 aromatic carbocycles. The molecule has 4 nitrogen and oxygen atoms in total. The summed E-state index contributed by atoms with van der Waals surface area (Å²) in [4.78, 5) is 14.6. The van der Waals surface area contributed by atoms with E-state index in [4.69, 9.17) is 20.7 Å². The standard InChI is InChI=1S/C24H20N4/c1-13-12-20(22-15(3)27-18-10-6-4-8-16(18)23(22)25)28-24-17-9-5-7-11-19(17)26-14(2)21(13)24/h4-12H,1-3H3,(H2,25,27). The third-order valence-electron chi connectivity index (χ3n) is 5.40. The first-order valence-electron chi connectivity index (χ1n) is 9.36. The monoisotopic (exact) mass is 364 g/mol. The molecule has 0 saturated heterocycles. The summed E-state index contributed by atoms with van der Waals surface area (Å²) in [5.41, 5.74) is 14.9. The molecule has 0 fully saturated rings. The van der Waals surface area contributed by atoms with Gasteiger partial charge in [0.25, 0.3) is 0 Å². The van der Waals surface area contributed by atoms with E-state index in [2.05, 4.69) is 19.1 Å². The first-order valence-corrected chi connectivity index (χ1v) is 9.36. The van der Waals surface area contributed by atoms with Crippen LogP contribution in [-0.2, 0) is 0 Å². The van der Waals surface area contributed by atoms with Gasteiger partial charge in [0.2, 0.25) is 0 Å². The lowest BCUT2D eigenvalue weighted by molar-refractivity contribution is 1.23. The first-order chi connectivity index (χ1) is 13.5. The highest BCUT2D eigenvalue weighted by atomic mass is 14.8. The van der Waals surface area contributed by atoms with Crippen LogP contribution in [0.25, 0.3) is 44.0 Å². The molecule has 28 heavy (non-hydrogen) atoms. The Labute approximate surface area is 163 Å². The summed E-state index contributed by atoms with van der Waals surface area (Å²) in [6.07, 6.45) is 0. The number of anilines is 1. The van der Waals surface area contributed by atoms with Gasteiger partial charge in [-0.15, -0.1) is 0 Å². The third kappa shape index (κ3) is 2.34. The van der Waals surface area contributed by atoms with Crippen molar-refractivity contribution in [1.29, 1.82) is 0 Å². The molecule has 136 valence electrons. The molecule has 0 aliphatic heterocycles. The Balaban J connectivity index is 1.91. The number of hydrogen-bond acceptors (Lipinski definition) is 4. The molecule has 0 atom stereocenters. The molecule has 0 aliphatic rings. The summed E-state index contributed by atoms with van der Waals surface area (Å²) in [5.74, 6) is 0. The van der Waals surface area contributed by atoms with Crippen LogP contribution >= 0.6 is 0 Å². The maximum atomic E-state index is 6.60. The van der Waals surface area contributed by atoms with Crippen molar-refractivity contribution in [3.63, 3.8) is 0 Å². The summed E-state index contributed by atoms with van der Waals surface area (Å²) in [6, 6.07) is 18.2. The smallest absolute Gasteiger partial charge is 0.0824 e. The molecule has 0 spiro atoms. The van der Waals surface area contributed by atoms with Gasteiger partial charge in [0.1, 0.15) is 0 Å². The number of aromatic nitrogens is 3. The Morgan fingerprint density at radius 2 is 1.32 bits per heavy atom. The van der Waals surface area contributed by atoms with E-state index in [0.29, 0.717) is 0 Å². The molecule has 3 heterocycles. The lowest BCUT2D eigenvalue weighted by Crippen LogP contribution is -2.01. The van der Waals surface area contributed by atoms with Crippen molar-refractivity contribution in [2.24, 2.45) is 0 Å². The minimum absolute atomic E-state index is 0.726. The lowest BCUT2D eigenvalue weighted by Gasteiger charge is -2.15. The fourth-order valence-electron chi connectivity index (χ4n) is 4.15. The third-order valence-corrected chi connectivity index (χ3v) is 5.40. The SMILES string of the molecule is Cc1nc2ccccc2c(N)c1-c1cc(C)c2c(C)nc3ccccc3c2n1. The molecule has 0 amide bonds. The summed E-state index contributed by atoms with van der Waals surface area (Å²) in [7, 11) is 0. The van der Waals surface area contributed by atoms with Crippen LogP contribution in [0.15, 0.2) is 54.6 Å². The van der Waals surface area contributed by atoms with Crippen LogP contribution in [0, 0.1) is 20.8 Å². The Morgan fingerprint density at radius 3 is 2.07 bits per heavy atom. The molecule has 0 aliphatic carbocycles. The van der Waals surface area contributed by atoms with Crippen LogP contribution in [0.2, 0.25) is 0 Å². The second kappa shape index (κ2) is 5.99. The topological polar surface area (TPSA) is 64.7 Å². The average molecular weight is 364 g/mol. The van der Waals surface area contributed by atoms with E-state index >= 15 is 0 Å². The molecule has 3 aromatic heterocycles. The molecule has 0 radical (unpaired) electrons. The minimum Gasteiger partial charge on any atom is -0.398 e. The van der Waals surface area contributed by atoms with Gasteiger partial charge < -0.3 is 5.73 Å². The maximum Gasteiger partial charge on any atom is 0.0824 e. The van der Waals surface area contributed by atoms with E-state index < -0.39 is 0 Å². The summed E-state index contributed by atoms with van der Waals surface area (Å²) in [6.45, 7) is 6.15. The molecule has 2 N–H and O–H groups in total. The zero-order valence-electron chi connectivity index (χ0n) is 16.1. The van der Waals surface area contributed by atoms with Gasteiger partial charge in [-0.2, -0.15) is 0 Å². The van der Waals surface area contributed by atoms with Crippen molar-refractivity contribution in [2.45, 2.75) is 20.8 Å². The predicted molar refractivity (Wildman–Crippen MR) is 116 cm³/mol. The highest BCUT2D eigenvalue weighted by Gasteiger charge is 2.17. The fourth-order valence-corrected chi connectivity index (χ4v) is 4.15. The van der Waals surface area contributed by atoms with Gasteiger partial charge in [0.15, 0.2) is 0 Å². The highest BCUT2D eigenvalue weighted by Crippen LogP contribution is 2.36. The molecule has 5 rings (SSSR count). The van der Waals surface area contributed by atoms with E-state index in [1.807, 2.05) is 56.3 Å². The quantitative estimate of drug-likeness (QED) is 0.399. The van der Waals surface area contributed by atoms with Gasteiger partial charge >= 0.3 is 0 Å².